The SMILES string of the molecule is COCCONC(=O)C(c1ccc(Cl)cc1)C(C)C. The molecule has 1 rings (SSSR count). The van der Waals surface area contributed by atoms with E-state index < -0.39 is 0 Å². The van der Waals surface area contributed by atoms with Gasteiger partial charge in [0, 0.05) is 12.1 Å². The predicted octanol–water partition coefficient (Wildman–Crippen LogP) is 2.77. The lowest BCUT2D eigenvalue weighted by atomic mass is 9.88. The molecular weight excluding hydrogens is 266 g/mol. The Labute approximate surface area is 119 Å². The first kappa shape index (κ1) is 16.0. The number of nitrogens with one attached hydrogen (secondary N) is 1. The molecule has 0 aliphatic heterocycles. The van der Waals surface area contributed by atoms with Gasteiger partial charge in [0.2, 0.25) is 0 Å². The van der Waals surface area contributed by atoms with E-state index in [1.165, 1.54) is 0 Å². The largest absolute Gasteiger partial charge is 0.382 e. The fourth-order valence-electron chi connectivity index (χ4n) is 1.82. The van der Waals surface area contributed by atoms with Crippen molar-refractivity contribution in [1.29, 1.82) is 0 Å². The number of amides is 1. The van der Waals surface area contributed by atoms with Gasteiger partial charge in [-0.15, -0.1) is 0 Å². The van der Waals surface area contributed by atoms with E-state index in [0.29, 0.717) is 18.2 Å². The highest BCUT2D eigenvalue weighted by Gasteiger charge is 2.24. The highest BCUT2D eigenvalue weighted by atomic mass is 35.5. The summed E-state index contributed by atoms with van der Waals surface area (Å²) in [5, 5.41) is 0.656. The van der Waals surface area contributed by atoms with E-state index in [9.17, 15) is 4.79 Å². The minimum Gasteiger partial charge on any atom is -0.382 e. The van der Waals surface area contributed by atoms with Crippen LogP contribution in [0, 0.1) is 5.92 Å². The second-order valence-electron chi connectivity index (χ2n) is 4.58. The minimum atomic E-state index is -0.264. The first-order valence-corrected chi connectivity index (χ1v) is 6.60. The number of hydrogen-bond donors (Lipinski definition) is 1. The van der Waals surface area contributed by atoms with Gasteiger partial charge in [-0.2, -0.15) is 0 Å². The summed E-state index contributed by atoms with van der Waals surface area (Å²) >= 11 is 5.85. The molecule has 0 fully saturated rings. The van der Waals surface area contributed by atoms with E-state index in [1.807, 2.05) is 26.0 Å². The Balaban J connectivity index is 2.66. The lowest BCUT2D eigenvalue weighted by Gasteiger charge is -2.20. The lowest BCUT2D eigenvalue weighted by Crippen LogP contribution is -2.33. The summed E-state index contributed by atoms with van der Waals surface area (Å²) < 4.78 is 4.84. The van der Waals surface area contributed by atoms with Crippen LogP contribution in [0.15, 0.2) is 24.3 Å². The van der Waals surface area contributed by atoms with E-state index in [-0.39, 0.29) is 17.7 Å². The Kier molecular flexibility index (Phi) is 6.84. The van der Waals surface area contributed by atoms with E-state index in [0.717, 1.165) is 5.56 Å². The highest BCUT2D eigenvalue weighted by molar-refractivity contribution is 6.30. The first-order chi connectivity index (χ1) is 9.06. The molecule has 5 heteroatoms. The van der Waals surface area contributed by atoms with Gasteiger partial charge in [0.1, 0.15) is 0 Å². The van der Waals surface area contributed by atoms with Crippen LogP contribution in [0.5, 0.6) is 0 Å². The molecule has 106 valence electrons. The predicted molar refractivity (Wildman–Crippen MR) is 75.0 cm³/mol. The van der Waals surface area contributed by atoms with Gasteiger partial charge in [-0.25, -0.2) is 5.48 Å². The zero-order valence-electron chi connectivity index (χ0n) is 11.5. The number of methoxy groups -OCH3 is 1. The third kappa shape index (κ3) is 5.19. The topological polar surface area (TPSA) is 47.6 Å². The van der Waals surface area contributed by atoms with E-state index in [1.54, 1.807) is 19.2 Å². The van der Waals surface area contributed by atoms with Crippen molar-refractivity contribution >= 4 is 17.5 Å². The summed E-state index contributed by atoms with van der Waals surface area (Å²) in [4.78, 5) is 17.2. The molecule has 1 atom stereocenters. The molecule has 1 unspecified atom stereocenters. The number of rotatable bonds is 7. The van der Waals surface area contributed by atoms with Crippen LogP contribution in [-0.2, 0) is 14.4 Å². The molecule has 0 saturated carbocycles. The molecule has 0 aliphatic carbocycles. The van der Waals surface area contributed by atoms with Crippen LogP contribution in [0.25, 0.3) is 0 Å². The summed E-state index contributed by atoms with van der Waals surface area (Å²) in [6.45, 7) is 4.75. The maximum atomic E-state index is 12.1. The maximum Gasteiger partial charge on any atom is 0.251 e. The molecule has 0 bridgehead atoms. The number of hydrogen-bond acceptors (Lipinski definition) is 3. The molecule has 19 heavy (non-hydrogen) atoms. The molecule has 1 aromatic rings. The third-order valence-electron chi connectivity index (χ3n) is 2.74. The number of hydroxylamine groups is 1. The Morgan fingerprint density at radius 1 is 1.26 bits per heavy atom. The van der Waals surface area contributed by atoms with Gasteiger partial charge in [-0.05, 0) is 23.6 Å². The number of carbonyl (C=O) groups excluding carboxylic acids is 1. The fourth-order valence-corrected chi connectivity index (χ4v) is 1.95. The van der Waals surface area contributed by atoms with Gasteiger partial charge in [0.25, 0.3) is 5.91 Å². The van der Waals surface area contributed by atoms with Gasteiger partial charge < -0.3 is 4.74 Å². The van der Waals surface area contributed by atoms with Crippen LogP contribution in [0.4, 0.5) is 0 Å². The van der Waals surface area contributed by atoms with Gasteiger partial charge in [-0.1, -0.05) is 37.6 Å². The Bertz CT molecular complexity index is 392. The summed E-state index contributed by atoms with van der Waals surface area (Å²) in [6.07, 6.45) is 0. The molecule has 0 aliphatic rings. The zero-order valence-corrected chi connectivity index (χ0v) is 12.2. The van der Waals surface area contributed by atoms with Crippen molar-refractivity contribution in [2.75, 3.05) is 20.3 Å². The molecule has 0 heterocycles. The number of benzene rings is 1. The summed E-state index contributed by atoms with van der Waals surface area (Å²) in [5.41, 5.74) is 3.38. The fraction of sp³-hybridized carbons (Fsp3) is 0.500. The van der Waals surface area contributed by atoms with Crippen molar-refractivity contribution < 1.29 is 14.4 Å². The molecule has 1 amide bonds. The average molecular weight is 286 g/mol. The molecule has 1 N–H and O–H groups in total. The second kappa shape index (κ2) is 8.15. The van der Waals surface area contributed by atoms with Crippen LogP contribution in [0.3, 0.4) is 0 Å². The third-order valence-corrected chi connectivity index (χ3v) is 2.99. The summed E-state index contributed by atoms with van der Waals surface area (Å²) in [6, 6.07) is 7.29. The molecule has 4 nitrogen and oxygen atoms in total. The Morgan fingerprint density at radius 2 is 1.89 bits per heavy atom. The number of ether oxygens (including phenoxy) is 1. The number of halogens is 1. The van der Waals surface area contributed by atoms with Crippen LogP contribution in [0.2, 0.25) is 5.02 Å². The van der Waals surface area contributed by atoms with E-state index >= 15 is 0 Å². The van der Waals surface area contributed by atoms with Crippen molar-refractivity contribution in [3.63, 3.8) is 0 Å². The second-order valence-corrected chi connectivity index (χ2v) is 5.02. The Hall–Kier alpha value is -1.10. The molecular formula is C14H20ClNO3. The monoisotopic (exact) mass is 285 g/mol. The van der Waals surface area contributed by atoms with Crippen molar-refractivity contribution in [1.82, 2.24) is 5.48 Å². The number of carbonyl (C=O) groups is 1. The average Bonchev–Trinajstić information content (AvgIpc) is 2.37. The van der Waals surface area contributed by atoms with Crippen LogP contribution in [-0.4, -0.2) is 26.2 Å². The van der Waals surface area contributed by atoms with Crippen molar-refractivity contribution in [3.8, 4) is 0 Å². The summed E-state index contributed by atoms with van der Waals surface area (Å²) in [5.74, 6) is -0.263. The van der Waals surface area contributed by atoms with Gasteiger partial charge in [0.05, 0.1) is 19.1 Å². The van der Waals surface area contributed by atoms with Crippen LogP contribution >= 0.6 is 11.6 Å². The van der Waals surface area contributed by atoms with Gasteiger partial charge >= 0.3 is 0 Å². The van der Waals surface area contributed by atoms with E-state index in [2.05, 4.69) is 5.48 Å². The standard InChI is InChI=1S/C14H20ClNO3/c1-10(2)13(11-4-6-12(15)7-5-11)14(17)16-19-9-8-18-3/h4-7,10,13H,8-9H2,1-3H3,(H,16,17). The molecule has 0 spiro atoms. The normalized spacial score (nSPS) is 12.5. The van der Waals surface area contributed by atoms with Crippen molar-refractivity contribution in [2.45, 2.75) is 19.8 Å². The molecule has 1 aromatic carbocycles. The lowest BCUT2D eigenvalue weighted by molar-refractivity contribution is -0.137. The van der Waals surface area contributed by atoms with Crippen molar-refractivity contribution in [2.24, 2.45) is 5.92 Å². The van der Waals surface area contributed by atoms with Crippen LogP contribution in [0.1, 0.15) is 25.3 Å². The Morgan fingerprint density at radius 3 is 2.42 bits per heavy atom. The molecule has 0 saturated heterocycles. The minimum absolute atomic E-state index is 0.159. The smallest absolute Gasteiger partial charge is 0.251 e. The van der Waals surface area contributed by atoms with Gasteiger partial charge in [-0.3, -0.25) is 9.63 Å². The van der Waals surface area contributed by atoms with Gasteiger partial charge in [0.15, 0.2) is 0 Å². The maximum absolute atomic E-state index is 12.1. The van der Waals surface area contributed by atoms with Crippen LogP contribution < -0.4 is 5.48 Å². The first-order valence-electron chi connectivity index (χ1n) is 6.22. The summed E-state index contributed by atoms with van der Waals surface area (Å²) in [7, 11) is 1.58. The quantitative estimate of drug-likeness (QED) is 0.619. The molecule has 0 aromatic heterocycles. The van der Waals surface area contributed by atoms with Crippen molar-refractivity contribution in [3.05, 3.63) is 34.9 Å². The zero-order chi connectivity index (χ0) is 14.3. The van der Waals surface area contributed by atoms with E-state index in [4.69, 9.17) is 21.2 Å². The highest BCUT2D eigenvalue weighted by Crippen LogP contribution is 2.25. The molecule has 0 radical (unpaired) electrons.